The number of para-hydroxylation sites is 1. The van der Waals surface area contributed by atoms with Crippen LogP contribution in [0.2, 0.25) is 0 Å². The summed E-state index contributed by atoms with van der Waals surface area (Å²) in [5.41, 5.74) is 3.02. The molecule has 1 unspecified atom stereocenters. The third-order valence-electron chi connectivity index (χ3n) is 5.92. The Bertz CT molecular complexity index is 1090. The third kappa shape index (κ3) is 4.40. The summed E-state index contributed by atoms with van der Waals surface area (Å²) in [5.74, 6) is 0.636. The number of hydrogen-bond acceptors (Lipinski definition) is 4. The summed E-state index contributed by atoms with van der Waals surface area (Å²) in [6.45, 7) is 3.71. The predicted molar refractivity (Wildman–Crippen MR) is 119 cm³/mol. The molecule has 3 aromatic rings. The second kappa shape index (κ2) is 9.20. The van der Waals surface area contributed by atoms with Gasteiger partial charge in [0, 0.05) is 36.2 Å². The molecule has 0 bridgehead atoms. The Kier molecular flexibility index (Phi) is 6.21. The van der Waals surface area contributed by atoms with Crippen molar-refractivity contribution in [3.63, 3.8) is 0 Å². The molecular formula is C24H28N4O3. The van der Waals surface area contributed by atoms with Gasteiger partial charge < -0.3 is 15.0 Å². The van der Waals surface area contributed by atoms with Crippen LogP contribution in [0.3, 0.4) is 0 Å². The predicted octanol–water partition coefficient (Wildman–Crippen LogP) is 3.05. The Morgan fingerprint density at radius 1 is 1.19 bits per heavy atom. The maximum atomic E-state index is 12.8. The highest BCUT2D eigenvalue weighted by molar-refractivity contribution is 5.90. The minimum atomic E-state index is -0.438. The molecule has 1 fully saturated rings. The van der Waals surface area contributed by atoms with Crippen LogP contribution in [-0.2, 0) is 22.7 Å². The molecule has 1 aliphatic rings. The number of nitrogens with zero attached hydrogens (tertiary/aromatic N) is 3. The molecule has 1 atom stereocenters. The highest BCUT2D eigenvalue weighted by Gasteiger charge is 2.36. The molecule has 1 saturated heterocycles. The molecule has 0 aliphatic carbocycles. The number of aromatic nitrogens is 2. The van der Waals surface area contributed by atoms with Gasteiger partial charge in [-0.15, -0.1) is 0 Å². The average Bonchev–Trinajstić information content (AvgIpc) is 3.31. The first-order valence-electron chi connectivity index (χ1n) is 10.7. The minimum Gasteiger partial charge on any atom is -0.496 e. The Hall–Kier alpha value is -3.35. The molecule has 31 heavy (non-hydrogen) atoms. The molecule has 7 heteroatoms. The number of nitrogens with one attached hydrogen (secondary N) is 1. The number of carbonyl (C=O) groups is 2. The first-order valence-corrected chi connectivity index (χ1v) is 10.7. The second-order valence-corrected chi connectivity index (χ2v) is 7.86. The SMILES string of the molecule is COc1ccccc1CN1C(=O)CCC1C(=O)NCCCn1nc2ccccc2c1C. The van der Waals surface area contributed by atoms with Crippen LogP contribution in [0.15, 0.2) is 48.5 Å². The fourth-order valence-corrected chi connectivity index (χ4v) is 4.21. The van der Waals surface area contributed by atoms with E-state index in [-0.39, 0.29) is 11.8 Å². The van der Waals surface area contributed by atoms with Crippen molar-refractivity contribution < 1.29 is 14.3 Å². The van der Waals surface area contributed by atoms with Crippen LogP contribution in [-0.4, -0.2) is 46.2 Å². The van der Waals surface area contributed by atoms with E-state index in [9.17, 15) is 9.59 Å². The number of hydrogen-bond donors (Lipinski definition) is 1. The lowest BCUT2D eigenvalue weighted by molar-refractivity contribution is -0.135. The minimum absolute atomic E-state index is 0.00455. The van der Waals surface area contributed by atoms with Crippen molar-refractivity contribution in [2.24, 2.45) is 0 Å². The second-order valence-electron chi connectivity index (χ2n) is 7.86. The van der Waals surface area contributed by atoms with Crippen molar-refractivity contribution in [1.82, 2.24) is 20.0 Å². The number of fused-ring (bicyclic) bond motifs is 1. The summed E-state index contributed by atoms with van der Waals surface area (Å²) in [6, 6.07) is 15.2. The molecule has 0 saturated carbocycles. The number of carbonyl (C=O) groups excluding carboxylic acids is 2. The fourth-order valence-electron chi connectivity index (χ4n) is 4.21. The maximum Gasteiger partial charge on any atom is 0.242 e. The number of rotatable bonds is 8. The summed E-state index contributed by atoms with van der Waals surface area (Å²) in [7, 11) is 1.61. The smallest absolute Gasteiger partial charge is 0.242 e. The zero-order chi connectivity index (χ0) is 21.8. The zero-order valence-corrected chi connectivity index (χ0v) is 18.0. The molecule has 7 nitrogen and oxygen atoms in total. The Balaban J connectivity index is 1.33. The van der Waals surface area contributed by atoms with Gasteiger partial charge in [-0.1, -0.05) is 36.4 Å². The van der Waals surface area contributed by atoms with Crippen LogP contribution in [0.5, 0.6) is 5.75 Å². The number of methoxy groups -OCH3 is 1. The van der Waals surface area contributed by atoms with Gasteiger partial charge in [0.25, 0.3) is 0 Å². The van der Waals surface area contributed by atoms with Gasteiger partial charge in [0.05, 0.1) is 19.2 Å². The Labute approximate surface area is 182 Å². The molecule has 1 aromatic heterocycles. The zero-order valence-electron chi connectivity index (χ0n) is 18.0. The first-order chi connectivity index (χ1) is 15.1. The molecule has 1 aliphatic heterocycles. The summed E-state index contributed by atoms with van der Waals surface area (Å²) in [5, 5.41) is 8.79. The van der Waals surface area contributed by atoms with Crippen molar-refractivity contribution in [1.29, 1.82) is 0 Å². The van der Waals surface area contributed by atoms with Gasteiger partial charge in [0.2, 0.25) is 11.8 Å². The molecule has 0 radical (unpaired) electrons. The van der Waals surface area contributed by atoms with Crippen molar-refractivity contribution in [2.75, 3.05) is 13.7 Å². The standard InChI is InChI=1S/C24H28N4O3/c1-17-19-9-4-5-10-20(19)26-28(17)15-7-14-25-24(30)21-12-13-23(29)27(21)16-18-8-3-6-11-22(18)31-2/h3-6,8-11,21H,7,12-16H2,1-2H3,(H,25,30). The largest absolute Gasteiger partial charge is 0.496 e. The van der Waals surface area contributed by atoms with Crippen molar-refractivity contribution >= 4 is 22.7 Å². The van der Waals surface area contributed by atoms with E-state index in [1.54, 1.807) is 12.0 Å². The Morgan fingerprint density at radius 3 is 2.77 bits per heavy atom. The Morgan fingerprint density at radius 2 is 1.97 bits per heavy atom. The van der Waals surface area contributed by atoms with E-state index in [2.05, 4.69) is 23.4 Å². The molecule has 1 N–H and O–H groups in total. The lowest BCUT2D eigenvalue weighted by atomic mass is 10.1. The maximum absolute atomic E-state index is 12.8. The normalized spacial score (nSPS) is 16.1. The molecule has 2 heterocycles. The average molecular weight is 421 g/mol. The van der Waals surface area contributed by atoms with E-state index in [1.807, 2.05) is 47.1 Å². The molecular weight excluding hydrogens is 392 g/mol. The number of amides is 2. The van der Waals surface area contributed by atoms with Crippen molar-refractivity contribution in [3.8, 4) is 5.75 Å². The highest BCUT2D eigenvalue weighted by atomic mass is 16.5. The van der Waals surface area contributed by atoms with E-state index >= 15 is 0 Å². The van der Waals surface area contributed by atoms with Crippen LogP contribution in [0.4, 0.5) is 0 Å². The monoisotopic (exact) mass is 420 g/mol. The summed E-state index contributed by atoms with van der Waals surface area (Å²) in [4.78, 5) is 26.9. The van der Waals surface area contributed by atoms with Gasteiger partial charge in [0.1, 0.15) is 11.8 Å². The van der Waals surface area contributed by atoms with Gasteiger partial charge >= 0.3 is 0 Å². The van der Waals surface area contributed by atoms with Crippen LogP contribution < -0.4 is 10.1 Å². The lowest BCUT2D eigenvalue weighted by Gasteiger charge is -2.25. The lowest BCUT2D eigenvalue weighted by Crippen LogP contribution is -2.44. The molecule has 162 valence electrons. The van der Waals surface area contributed by atoms with Crippen LogP contribution >= 0.6 is 0 Å². The van der Waals surface area contributed by atoms with Gasteiger partial charge in [-0.05, 0) is 31.9 Å². The van der Waals surface area contributed by atoms with E-state index in [1.165, 1.54) is 0 Å². The van der Waals surface area contributed by atoms with Gasteiger partial charge in [-0.3, -0.25) is 14.3 Å². The number of benzene rings is 2. The van der Waals surface area contributed by atoms with Crippen LogP contribution in [0.25, 0.3) is 10.9 Å². The van der Waals surface area contributed by atoms with Crippen LogP contribution in [0, 0.1) is 6.92 Å². The van der Waals surface area contributed by atoms with Gasteiger partial charge in [0.15, 0.2) is 0 Å². The third-order valence-corrected chi connectivity index (χ3v) is 5.92. The van der Waals surface area contributed by atoms with Crippen LogP contribution in [0.1, 0.15) is 30.5 Å². The molecule has 0 spiro atoms. The molecule has 2 amide bonds. The fraction of sp³-hybridized carbons (Fsp3) is 0.375. The van der Waals surface area contributed by atoms with E-state index < -0.39 is 6.04 Å². The van der Waals surface area contributed by atoms with Crippen molar-refractivity contribution in [3.05, 3.63) is 59.8 Å². The quantitative estimate of drug-likeness (QED) is 0.569. The highest BCUT2D eigenvalue weighted by Crippen LogP contribution is 2.26. The number of likely N-dealkylation sites (tertiary alicyclic amines) is 1. The molecule has 4 rings (SSSR count). The van der Waals surface area contributed by atoms with E-state index in [0.29, 0.717) is 25.9 Å². The van der Waals surface area contributed by atoms with Gasteiger partial charge in [-0.2, -0.15) is 5.10 Å². The van der Waals surface area contributed by atoms with E-state index in [0.717, 1.165) is 40.9 Å². The topological polar surface area (TPSA) is 76.5 Å². The van der Waals surface area contributed by atoms with Crippen molar-refractivity contribution in [2.45, 2.75) is 45.3 Å². The molecule has 2 aromatic carbocycles. The summed E-state index contributed by atoms with van der Waals surface area (Å²) in [6.07, 6.45) is 1.71. The van der Waals surface area contributed by atoms with E-state index in [4.69, 9.17) is 4.74 Å². The van der Waals surface area contributed by atoms with Gasteiger partial charge in [-0.25, -0.2) is 0 Å². The number of aryl methyl sites for hydroxylation is 2. The first kappa shape index (κ1) is 20.9. The number of ether oxygens (including phenoxy) is 1. The summed E-state index contributed by atoms with van der Waals surface area (Å²) < 4.78 is 7.38. The summed E-state index contributed by atoms with van der Waals surface area (Å²) >= 11 is 0.